The summed E-state index contributed by atoms with van der Waals surface area (Å²) in [6.07, 6.45) is -0.943. The molecule has 1 aliphatic heterocycles. The predicted molar refractivity (Wildman–Crippen MR) is 68.2 cm³/mol. The molecule has 0 spiro atoms. The monoisotopic (exact) mass is 288 g/mol. The van der Waals surface area contributed by atoms with E-state index in [1.807, 2.05) is 0 Å². The average molecular weight is 288 g/mol. The molecule has 8 heteroatoms. The largest absolute Gasteiger partial charge is 0.479 e. The summed E-state index contributed by atoms with van der Waals surface area (Å²) in [4.78, 5) is 34.6. The maximum absolute atomic E-state index is 11.7. The number of rotatable bonds is 3. The molecule has 0 saturated carbocycles. The summed E-state index contributed by atoms with van der Waals surface area (Å²) in [5, 5.41) is 14.4. The van der Waals surface area contributed by atoms with Gasteiger partial charge in [0.2, 0.25) is 0 Å². The first-order valence-corrected chi connectivity index (χ1v) is 6.15. The van der Waals surface area contributed by atoms with Crippen LogP contribution in [0.1, 0.15) is 27.2 Å². The molecule has 0 bridgehead atoms. The molecule has 1 aliphatic rings. The third-order valence-electron chi connectivity index (χ3n) is 2.84. The molecule has 1 amide bonds. The maximum Gasteiger partial charge on any atom is 0.408 e. The van der Waals surface area contributed by atoms with Gasteiger partial charge in [0.05, 0.1) is 7.11 Å². The third kappa shape index (κ3) is 3.83. The summed E-state index contributed by atoms with van der Waals surface area (Å²) >= 11 is 0. The van der Waals surface area contributed by atoms with E-state index in [9.17, 15) is 19.5 Å². The van der Waals surface area contributed by atoms with Crippen LogP contribution in [0.15, 0.2) is 0 Å². The third-order valence-corrected chi connectivity index (χ3v) is 2.84. The van der Waals surface area contributed by atoms with Gasteiger partial charge in [0.25, 0.3) is 0 Å². The van der Waals surface area contributed by atoms with E-state index in [1.54, 1.807) is 20.8 Å². The molecule has 1 heterocycles. The Labute approximate surface area is 116 Å². The number of esters is 1. The number of amides is 1. The van der Waals surface area contributed by atoms with E-state index in [1.165, 1.54) is 7.11 Å². The predicted octanol–water partition coefficient (Wildman–Crippen LogP) is -0.131. The summed E-state index contributed by atoms with van der Waals surface area (Å²) in [6, 6.07) is -0.772. The first kappa shape index (κ1) is 16.2. The molecular formula is C12H20N2O6. The van der Waals surface area contributed by atoms with Crippen molar-refractivity contribution < 1.29 is 29.0 Å². The van der Waals surface area contributed by atoms with Crippen molar-refractivity contribution in [2.75, 3.05) is 13.7 Å². The van der Waals surface area contributed by atoms with Crippen molar-refractivity contribution in [3.63, 3.8) is 0 Å². The van der Waals surface area contributed by atoms with Gasteiger partial charge in [0.1, 0.15) is 11.6 Å². The minimum Gasteiger partial charge on any atom is -0.479 e. The van der Waals surface area contributed by atoms with Gasteiger partial charge in [-0.25, -0.2) is 9.59 Å². The number of methoxy groups -OCH3 is 1. The number of carboxylic acid groups (broad SMARTS) is 1. The van der Waals surface area contributed by atoms with Gasteiger partial charge in [-0.15, -0.1) is 0 Å². The molecule has 0 aromatic rings. The van der Waals surface area contributed by atoms with E-state index in [-0.39, 0.29) is 13.0 Å². The number of ether oxygens (including phenoxy) is 2. The lowest BCUT2D eigenvalue weighted by Crippen LogP contribution is -2.57. The minimum atomic E-state index is -1.58. The maximum atomic E-state index is 11.7. The van der Waals surface area contributed by atoms with Crippen molar-refractivity contribution in [1.82, 2.24) is 10.6 Å². The number of carboxylic acids is 1. The standard InChI is InChI=1S/C12H20N2O6/c1-11(2,3)20-10(18)14-12(9(16)17)5-7(13-6-12)8(15)19-4/h7,13H,5-6H2,1-4H3,(H,14,18)(H,16,17)/t7-,12+/m0/s1. The highest BCUT2D eigenvalue weighted by Gasteiger charge is 2.49. The van der Waals surface area contributed by atoms with E-state index in [4.69, 9.17) is 4.74 Å². The van der Waals surface area contributed by atoms with Gasteiger partial charge in [0.15, 0.2) is 5.54 Å². The van der Waals surface area contributed by atoms with Gasteiger partial charge in [-0.2, -0.15) is 0 Å². The van der Waals surface area contributed by atoms with Gasteiger partial charge in [-0.1, -0.05) is 0 Å². The number of hydrogen-bond acceptors (Lipinski definition) is 6. The van der Waals surface area contributed by atoms with Gasteiger partial charge in [-0.3, -0.25) is 4.79 Å². The Bertz CT molecular complexity index is 417. The van der Waals surface area contributed by atoms with Crippen LogP contribution in [0, 0.1) is 0 Å². The Morgan fingerprint density at radius 3 is 2.40 bits per heavy atom. The molecule has 0 aliphatic carbocycles. The smallest absolute Gasteiger partial charge is 0.408 e. The highest BCUT2D eigenvalue weighted by atomic mass is 16.6. The van der Waals surface area contributed by atoms with E-state index >= 15 is 0 Å². The van der Waals surface area contributed by atoms with Gasteiger partial charge in [-0.05, 0) is 20.8 Å². The van der Waals surface area contributed by atoms with Crippen molar-refractivity contribution in [3.8, 4) is 0 Å². The molecular weight excluding hydrogens is 268 g/mol. The highest BCUT2D eigenvalue weighted by Crippen LogP contribution is 2.21. The van der Waals surface area contributed by atoms with Crippen molar-refractivity contribution in [2.24, 2.45) is 0 Å². The van der Waals surface area contributed by atoms with Crippen LogP contribution in [0.4, 0.5) is 4.79 Å². The highest BCUT2D eigenvalue weighted by molar-refractivity contribution is 5.87. The van der Waals surface area contributed by atoms with Crippen molar-refractivity contribution in [1.29, 1.82) is 0 Å². The normalized spacial score (nSPS) is 25.9. The molecule has 20 heavy (non-hydrogen) atoms. The van der Waals surface area contributed by atoms with Crippen LogP contribution in [0.2, 0.25) is 0 Å². The van der Waals surface area contributed by atoms with Crippen LogP contribution >= 0.6 is 0 Å². The lowest BCUT2D eigenvalue weighted by Gasteiger charge is -2.27. The zero-order valence-corrected chi connectivity index (χ0v) is 12.0. The van der Waals surface area contributed by atoms with Crippen LogP contribution in [0.3, 0.4) is 0 Å². The summed E-state index contributed by atoms with van der Waals surface area (Å²) in [6.45, 7) is 4.93. The summed E-state index contributed by atoms with van der Waals surface area (Å²) in [7, 11) is 1.21. The second-order valence-electron chi connectivity index (χ2n) is 5.67. The molecule has 8 nitrogen and oxygen atoms in total. The Kier molecular flexibility index (Phi) is 4.59. The van der Waals surface area contributed by atoms with Crippen LogP contribution in [-0.4, -0.2) is 54.0 Å². The Hall–Kier alpha value is -1.83. The molecule has 0 unspecified atom stereocenters. The number of carbonyl (C=O) groups excluding carboxylic acids is 2. The molecule has 1 rings (SSSR count). The van der Waals surface area contributed by atoms with E-state index in [0.29, 0.717) is 0 Å². The van der Waals surface area contributed by atoms with Crippen LogP contribution in [0.5, 0.6) is 0 Å². The molecule has 2 atom stereocenters. The summed E-state index contributed by atoms with van der Waals surface area (Å²) in [5.74, 6) is -1.80. The minimum absolute atomic E-state index is 0.0820. The molecule has 1 saturated heterocycles. The lowest BCUT2D eigenvalue weighted by molar-refractivity contribution is -0.145. The Morgan fingerprint density at radius 2 is 1.95 bits per heavy atom. The number of alkyl carbamates (subject to hydrolysis) is 1. The second kappa shape index (κ2) is 5.66. The fraction of sp³-hybridized carbons (Fsp3) is 0.750. The summed E-state index contributed by atoms with van der Waals surface area (Å²) < 4.78 is 9.59. The summed E-state index contributed by atoms with van der Waals surface area (Å²) in [5.41, 5.74) is -2.32. The zero-order valence-electron chi connectivity index (χ0n) is 12.0. The molecule has 0 radical (unpaired) electrons. The second-order valence-corrected chi connectivity index (χ2v) is 5.67. The molecule has 3 N–H and O–H groups in total. The first-order chi connectivity index (χ1) is 9.09. The van der Waals surface area contributed by atoms with E-state index < -0.39 is 35.2 Å². The number of nitrogens with one attached hydrogen (secondary N) is 2. The Balaban J connectivity index is 2.78. The van der Waals surface area contributed by atoms with E-state index in [0.717, 1.165) is 0 Å². The number of aliphatic carboxylic acids is 1. The SMILES string of the molecule is COC(=O)[C@@H]1C[C@](NC(=O)OC(C)(C)C)(C(=O)O)CN1. The first-order valence-electron chi connectivity index (χ1n) is 6.15. The van der Waals surface area contributed by atoms with E-state index in [2.05, 4.69) is 15.4 Å². The fourth-order valence-corrected chi connectivity index (χ4v) is 1.91. The molecule has 1 fully saturated rings. The average Bonchev–Trinajstić information content (AvgIpc) is 2.70. The fourth-order valence-electron chi connectivity index (χ4n) is 1.91. The van der Waals surface area contributed by atoms with Crippen molar-refractivity contribution in [3.05, 3.63) is 0 Å². The van der Waals surface area contributed by atoms with Crippen LogP contribution in [-0.2, 0) is 19.1 Å². The zero-order chi connectivity index (χ0) is 15.6. The number of hydrogen-bond donors (Lipinski definition) is 3. The van der Waals surface area contributed by atoms with Gasteiger partial charge < -0.3 is 25.2 Å². The quantitative estimate of drug-likeness (QED) is 0.620. The van der Waals surface area contributed by atoms with Crippen molar-refractivity contribution >= 4 is 18.0 Å². The van der Waals surface area contributed by atoms with Crippen molar-refractivity contribution in [2.45, 2.75) is 44.4 Å². The lowest BCUT2D eigenvalue weighted by atomic mass is 9.96. The van der Waals surface area contributed by atoms with Crippen LogP contribution in [0.25, 0.3) is 0 Å². The topological polar surface area (TPSA) is 114 Å². The molecule has 0 aromatic carbocycles. The van der Waals surface area contributed by atoms with Gasteiger partial charge in [0, 0.05) is 13.0 Å². The molecule has 114 valence electrons. The van der Waals surface area contributed by atoms with Gasteiger partial charge >= 0.3 is 18.0 Å². The molecule has 0 aromatic heterocycles. The number of carbonyl (C=O) groups is 3. The van der Waals surface area contributed by atoms with Crippen LogP contribution < -0.4 is 10.6 Å². The Morgan fingerprint density at radius 1 is 1.35 bits per heavy atom.